The number of ether oxygens (including phenoxy) is 3. The highest BCUT2D eigenvalue weighted by Gasteiger charge is 2.02. The van der Waals surface area contributed by atoms with Crippen LogP contribution in [0.2, 0.25) is 0 Å². The molecule has 0 aliphatic carbocycles. The van der Waals surface area contributed by atoms with Gasteiger partial charge < -0.3 is 19.3 Å². The lowest BCUT2D eigenvalue weighted by Gasteiger charge is -2.13. The van der Waals surface area contributed by atoms with Crippen LogP contribution in [-0.2, 0) is 14.2 Å². The van der Waals surface area contributed by atoms with Gasteiger partial charge in [-0.05, 0) is 25.5 Å². The van der Waals surface area contributed by atoms with Gasteiger partial charge in [-0.1, -0.05) is 38.5 Å². The first-order valence-corrected chi connectivity index (χ1v) is 9.43. The van der Waals surface area contributed by atoms with Crippen molar-refractivity contribution in [2.45, 2.75) is 64.4 Å². The smallest absolute Gasteiger partial charge is 0.0704 e. The summed E-state index contributed by atoms with van der Waals surface area (Å²) < 4.78 is 16.2. The molecule has 1 atom stereocenters. The lowest BCUT2D eigenvalue weighted by Crippen LogP contribution is -2.15. The molecule has 0 aromatic carbocycles. The molecule has 0 aliphatic heterocycles. The predicted octanol–water partition coefficient (Wildman–Crippen LogP) is 3.47. The molecule has 0 spiro atoms. The Bertz CT molecular complexity index is 185. The highest BCUT2D eigenvalue weighted by atomic mass is 32.1. The van der Waals surface area contributed by atoms with Crippen LogP contribution in [0.15, 0.2) is 0 Å². The van der Waals surface area contributed by atoms with Crippen LogP contribution in [0.5, 0.6) is 0 Å². The lowest BCUT2D eigenvalue weighted by molar-refractivity contribution is -0.0121. The number of thiol groups is 1. The van der Waals surface area contributed by atoms with Crippen molar-refractivity contribution < 1.29 is 19.3 Å². The molecule has 5 heteroatoms. The Morgan fingerprint density at radius 1 is 0.773 bits per heavy atom. The maximum Gasteiger partial charge on any atom is 0.0704 e. The SMILES string of the molecule is CC(CCCCCCCCCS)OCCOCCOCCO. The Morgan fingerprint density at radius 2 is 1.32 bits per heavy atom. The quantitative estimate of drug-likeness (QED) is 0.297. The number of aliphatic hydroxyl groups is 1. The number of hydrogen-bond donors (Lipinski definition) is 2. The molecule has 0 rings (SSSR count). The molecule has 0 fully saturated rings. The summed E-state index contributed by atoms with van der Waals surface area (Å²) in [5.41, 5.74) is 0. The van der Waals surface area contributed by atoms with Crippen molar-refractivity contribution in [3.63, 3.8) is 0 Å². The molecule has 0 radical (unpaired) electrons. The van der Waals surface area contributed by atoms with E-state index in [1.165, 1.54) is 44.9 Å². The molecular formula is C17H36O4S. The van der Waals surface area contributed by atoms with Crippen LogP contribution in [0.3, 0.4) is 0 Å². The first-order valence-electron chi connectivity index (χ1n) is 8.80. The van der Waals surface area contributed by atoms with E-state index in [0.29, 0.717) is 39.1 Å². The van der Waals surface area contributed by atoms with Crippen LogP contribution in [0.25, 0.3) is 0 Å². The van der Waals surface area contributed by atoms with Crippen LogP contribution in [-0.4, -0.2) is 56.6 Å². The maximum atomic E-state index is 8.53. The largest absolute Gasteiger partial charge is 0.394 e. The van der Waals surface area contributed by atoms with E-state index < -0.39 is 0 Å². The van der Waals surface area contributed by atoms with E-state index in [0.717, 1.165) is 12.2 Å². The van der Waals surface area contributed by atoms with Gasteiger partial charge >= 0.3 is 0 Å². The summed E-state index contributed by atoms with van der Waals surface area (Å²) in [5.74, 6) is 1.02. The molecule has 1 N–H and O–H groups in total. The van der Waals surface area contributed by atoms with E-state index in [9.17, 15) is 0 Å². The van der Waals surface area contributed by atoms with Crippen molar-refractivity contribution in [3.05, 3.63) is 0 Å². The third-order valence-electron chi connectivity index (χ3n) is 3.51. The molecule has 0 bridgehead atoms. The normalized spacial score (nSPS) is 12.7. The van der Waals surface area contributed by atoms with Crippen molar-refractivity contribution in [2.75, 3.05) is 45.4 Å². The minimum Gasteiger partial charge on any atom is -0.394 e. The Kier molecular flexibility index (Phi) is 19.4. The van der Waals surface area contributed by atoms with Gasteiger partial charge in [0, 0.05) is 0 Å². The number of aliphatic hydroxyl groups excluding tert-OH is 1. The zero-order valence-electron chi connectivity index (χ0n) is 14.3. The first-order chi connectivity index (χ1) is 10.8. The zero-order chi connectivity index (χ0) is 16.3. The average molecular weight is 337 g/mol. The fourth-order valence-corrected chi connectivity index (χ4v) is 2.43. The van der Waals surface area contributed by atoms with Gasteiger partial charge in [-0.2, -0.15) is 12.6 Å². The van der Waals surface area contributed by atoms with Crippen molar-refractivity contribution >= 4 is 12.6 Å². The molecule has 1 unspecified atom stereocenters. The number of hydrogen-bond acceptors (Lipinski definition) is 5. The van der Waals surface area contributed by atoms with Crippen LogP contribution < -0.4 is 0 Å². The second-order valence-electron chi connectivity index (χ2n) is 5.62. The fourth-order valence-electron chi connectivity index (χ4n) is 2.21. The van der Waals surface area contributed by atoms with Crippen LogP contribution in [0, 0.1) is 0 Å². The summed E-state index contributed by atoms with van der Waals surface area (Å²) in [6.45, 7) is 4.93. The van der Waals surface area contributed by atoms with Gasteiger partial charge in [0.2, 0.25) is 0 Å². The lowest BCUT2D eigenvalue weighted by atomic mass is 10.1. The molecule has 0 saturated heterocycles. The van der Waals surface area contributed by atoms with Crippen LogP contribution in [0.4, 0.5) is 0 Å². The van der Waals surface area contributed by atoms with Gasteiger partial charge in [-0.3, -0.25) is 0 Å². The van der Waals surface area contributed by atoms with Crippen LogP contribution >= 0.6 is 12.6 Å². The molecule has 0 saturated carbocycles. The van der Waals surface area contributed by atoms with Crippen molar-refractivity contribution in [1.82, 2.24) is 0 Å². The van der Waals surface area contributed by atoms with Crippen molar-refractivity contribution in [2.24, 2.45) is 0 Å². The molecule has 22 heavy (non-hydrogen) atoms. The van der Waals surface area contributed by atoms with E-state index in [4.69, 9.17) is 19.3 Å². The number of unbranched alkanes of at least 4 members (excludes halogenated alkanes) is 6. The summed E-state index contributed by atoms with van der Waals surface area (Å²) in [6, 6.07) is 0. The molecule has 0 heterocycles. The van der Waals surface area contributed by atoms with E-state index in [1.54, 1.807) is 0 Å². The van der Waals surface area contributed by atoms with E-state index in [-0.39, 0.29) is 6.61 Å². The standard InChI is InChI=1S/C17H36O4S/c1-17(9-7-5-3-2-4-6-8-16-22)21-15-14-20-13-12-19-11-10-18/h17-18,22H,2-16H2,1H3. The Labute approximate surface area is 142 Å². The predicted molar refractivity (Wildman–Crippen MR) is 94.9 cm³/mol. The zero-order valence-corrected chi connectivity index (χ0v) is 15.2. The van der Waals surface area contributed by atoms with Gasteiger partial charge in [0.05, 0.1) is 45.7 Å². The second-order valence-corrected chi connectivity index (χ2v) is 6.06. The van der Waals surface area contributed by atoms with Gasteiger partial charge in [0.25, 0.3) is 0 Å². The summed E-state index contributed by atoms with van der Waals surface area (Å²) in [6.07, 6.45) is 10.7. The highest BCUT2D eigenvalue weighted by molar-refractivity contribution is 7.80. The molecule has 0 aromatic rings. The molecule has 0 aromatic heterocycles. The van der Waals surface area contributed by atoms with Gasteiger partial charge in [0.1, 0.15) is 0 Å². The third-order valence-corrected chi connectivity index (χ3v) is 3.82. The van der Waals surface area contributed by atoms with E-state index >= 15 is 0 Å². The topological polar surface area (TPSA) is 47.9 Å². The van der Waals surface area contributed by atoms with Gasteiger partial charge in [0.15, 0.2) is 0 Å². The monoisotopic (exact) mass is 336 g/mol. The second kappa shape index (κ2) is 19.2. The molecule has 0 aliphatic rings. The fraction of sp³-hybridized carbons (Fsp3) is 1.00. The molecule has 0 amide bonds. The summed E-state index contributed by atoms with van der Waals surface area (Å²) in [4.78, 5) is 0. The molecule has 134 valence electrons. The van der Waals surface area contributed by atoms with E-state index in [2.05, 4.69) is 19.6 Å². The maximum absolute atomic E-state index is 8.53. The molecule has 4 nitrogen and oxygen atoms in total. The summed E-state index contributed by atoms with van der Waals surface area (Å²) in [5, 5.41) is 8.53. The minimum atomic E-state index is 0.0658. The van der Waals surface area contributed by atoms with Crippen molar-refractivity contribution in [1.29, 1.82) is 0 Å². The summed E-state index contributed by atoms with van der Waals surface area (Å²) >= 11 is 4.22. The molecular weight excluding hydrogens is 300 g/mol. The number of rotatable bonds is 18. The van der Waals surface area contributed by atoms with Gasteiger partial charge in [-0.25, -0.2) is 0 Å². The van der Waals surface area contributed by atoms with Crippen LogP contribution in [0.1, 0.15) is 58.3 Å². The Balaban J connectivity index is 3.11. The Hall–Kier alpha value is 0.190. The van der Waals surface area contributed by atoms with Crippen molar-refractivity contribution in [3.8, 4) is 0 Å². The van der Waals surface area contributed by atoms with Gasteiger partial charge in [-0.15, -0.1) is 0 Å². The van der Waals surface area contributed by atoms with E-state index in [1.807, 2.05) is 0 Å². The Morgan fingerprint density at radius 3 is 1.95 bits per heavy atom. The third kappa shape index (κ3) is 18.2. The first kappa shape index (κ1) is 22.2. The summed E-state index contributed by atoms with van der Waals surface area (Å²) in [7, 11) is 0. The highest BCUT2D eigenvalue weighted by Crippen LogP contribution is 2.11. The minimum absolute atomic E-state index is 0.0658. The average Bonchev–Trinajstić information content (AvgIpc) is 2.52.